The lowest BCUT2D eigenvalue weighted by molar-refractivity contribution is 0.0500. The summed E-state index contributed by atoms with van der Waals surface area (Å²) < 4.78 is 18.1. The third-order valence-electron chi connectivity index (χ3n) is 4.65. The van der Waals surface area contributed by atoms with Crippen molar-refractivity contribution in [1.82, 2.24) is 10.3 Å². The molecule has 1 aliphatic rings. The number of pyridine rings is 1. The fourth-order valence-corrected chi connectivity index (χ4v) is 3.86. The summed E-state index contributed by atoms with van der Waals surface area (Å²) in [5.74, 6) is 1.79. The Kier molecular flexibility index (Phi) is 6.91. The Balaban J connectivity index is 1.57. The molecule has 1 aromatic carbocycles. The minimum Gasteiger partial charge on any atom is -0.492 e. The molecule has 1 N–H and O–H groups in total. The average Bonchev–Trinajstić information content (AvgIpc) is 2.64. The predicted octanol–water partition coefficient (Wildman–Crippen LogP) is 5.72. The highest BCUT2D eigenvalue weighted by molar-refractivity contribution is 9.10. The van der Waals surface area contributed by atoms with Gasteiger partial charge in [0.25, 0.3) is 0 Å². The third kappa shape index (κ3) is 5.88. The second-order valence-corrected chi connectivity index (χ2v) is 9.65. The van der Waals surface area contributed by atoms with Gasteiger partial charge in [0.1, 0.15) is 23.7 Å². The number of hydrogen-bond acceptors (Lipinski definition) is 5. The van der Waals surface area contributed by atoms with E-state index < -0.39 is 11.7 Å². The van der Waals surface area contributed by atoms with Gasteiger partial charge in [-0.25, -0.2) is 4.79 Å². The van der Waals surface area contributed by atoms with Crippen LogP contribution in [0.5, 0.6) is 11.5 Å². The van der Waals surface area contributed by atoms with Crippen LogP contribution < -0.4 is 14.8 Å². The van der Waals surface area contributed by atoms with E-state index in [4.69, 9.17) is 14.2 Å². The average molecular weight is 477 g/mol. The normalized spacial score (nSPS) is 14.6. The highest BCUT2D eigenvalue weighted by atomic mass is 79.9. The second kappa shape index (κ2) is 9.25. The number of alkyl carbamates (subject to hydrolysis) is 1. The minimum absolute atomic E-state index is 0.0149. The summed E-state index contributed by atoms with van der Waals surface area (Å²) in [6.45, 7) is 10.6. The molecule has 6 nitrogen and oxygen atoms in total. The van der Waals surface area contributed by atoms with Gasteiger partial charge in [-0.3, -0.25) is 4.98 Å². The Hall–Kier alpha value is -2.28. The van der Waals surface area contributed by atoms with Gasteiger partial charge in [-0.05, 0) is 73.7 Å². The molecular formula is C23H29BrN2O4. The molecule has 2 unspecified atom stereocenters. The van der Waals surface area contributed by atoms with Crippen molar-refractivity contribution in [2.45, 2.75) is 59.3 Å². The van der Waals surface area contributed by atoms with E-state index in [0.29, 0.717) is 13.2 Å². The number of carbonyl (C=O) groups excluding carboxylic acids is 1. The van der Waals surface area contributed by atoms with Crippen LogP contribution in [0.25, 0.3) is 11.1 Å². The highest BCUT2D eigenvalue weighted by Gasteiger charge is 2.21. The Labute approximate surface area is 186 Å². The van der Waals surface area contributed by atoms with E-state index in [1.165, 1.54) is 0 Å². The SMILES string of the molecule is CC(COc1cc2c(cc1Br)-c1ccncc1CO2)CC(C)NC(=O)OC(C)(C)C. The fourth-order valence-electron chi connectivity index (χ4n) is 3.41. The Morgan fingerprint density at radius 3 is 2.80 bits per heavy atom. The molecule has 1 amide bonds. The molecule has 0 bridgehead atoms. The number of ether oxygens (including phenoxy) is 3. The topological polar surface area (TPSA) is 69.7 Å². The maximum Gasteiger partial charge on any atom is 0.407 e. The first kappa shape index (κ1) is 22.4. The summed E-state index contributed by atoms with van der Waals surface area (Å²) in [7, 11) is 0. The Bertz CT molecular complexity index is 911. The van der Waals surface area contributed by atoms with E-state index in [1.807, 2.05) is 52.1 Å². The molecule has 0 saturated carbocycles. The van der Waals surface area contributed by atoms with Crippen molar-refractivity contribution in [2.75, 3.05) is 6.61 Å². The van der Waals surface area contributed by atoms with Gasteiger partial charge in [0.2, 0.25) is 0 Å². The molecule has 0 radical (unpaired) electrons. The molecule has 2 atom stereocenters. The number of nitrogens with one attached hydrogen (secondary N) is 1. The maximum atomic E-state index is 11.9. The van der Waals surface area contributed by atoms with Crippen molar-refractivity contribution in [3.8, 4) is 22.6 Å². The van der Waals surface area contributed by atoms with Gasteiger partial charge in [-0.1, -0.05) is 6.92 Å². The summed E-state index contributed by atoms with van der Waals surface area (Å²) >= 11 is 3.62. The first-order chi connectivity index (χ1) is 14.1. The van der Waals surface area contributed by atoms with Crippen LogP contribution in [0.4, 0.5) is 4.79 Å². The largest absolute Gasteiger partial charge is 0.492 e. The quantitative estimate of drug-likeness (QED) is 0.576. The third-order valence-corrected chi connectivity index (χ3v) is 5.27. The van der Waals surface area contributed by atoms with Crippen LogP contribution >= 0.6 is 15.9 Å². The first-order valence-corrected chi connectivity index (χ1v) is 10.9. The van der Waals surface area contributed by atoms with Crippen LogP contribution in [0.1, 0.15) is 46.6 Å². The number of aromatic nitrogens is 1. The number of nitrogens with zero attached hydrogens (tertiary/aromatic N) is 1. The lowest BCUT2D eigenvalue weighted by Crippen LogP contribution is -2.38. The number of hydrogen-bond donors (Lipinski definition) is 1. The lowest BCUT2D eigenvalue weighted by atomic mass is 9.99. The number of carbonyl (C=O) groups is 1. The highest BCUT2D eigenvalue weighted by Crippen LogP contribution is 2.42. The summed E-state index contributed by atoms with van der Waals surface area (Å²) in [5, 5.41) is 2.88. The van der Waals surface area contributed by atoms with Gasteiger partial charge in [-0.15, -0.1) is 0 Å². The van der Waals surface area contributed by atoms with Gasteiger partial charge in [0, 0.05) is 35.6 Å². The molecule has 1 aromatic heterocycles. The monoisotopic (exact) mass is 476 g/mol. The Morgan fingerprint density at radius 2 is 2.07 bits per heavy atom. The maximum absolute atomic E-state index is 11.9. The van der Waals surface area contributed by atoms with Gasteiger partial charge in [0.05, 0.1) is 11.1 Å². The van der Waals surface area contributed by atoms with Crippen molar-refractivity contribution < 1.29 is 19.0 Å². The molecule has 0 aliphatic carbocycles. The zero-order valence-electron chi connectivity index (χ0n) is 18.1. The van der Waals surface area contributed by atoms with Gasteiger partial charge in [-0.2, -0.15) is 0 Å². The molecule has 0 spiro atoms. The van der Waals surface area contributed by atoms with Crippen molar-refractivity contribution >= 4 is 22.0 Å². The zero-order valence-corrected chi connectivity index (χ0v) is 19.7. The summed E-state index contributed by atoms with van der Waals surface area (Å²) in [5.41, 5.74) is 2.73. The molecule has 0 fully saturated rings. The number of rotatable bonds is 6. The summed E-state index contributed by atoms with van der Waals surface area (Å²) in [6, 6.07) is 5.95. The van der Waals surface area contributed by atoms with Crippen LogP contribution in [-0.2, 0) is 11.3 Å². The van der Waals surface area contributed by atoms with E-state index in [-0.39, 0.29) is 12.0 Å². The number of halogens is 1. The predicted molar refractivity (Wildman–Crippen MR) is 120 cm³/mol. The van der Waals surface area contributed by atoms with Crippen LogP contribution in [0.15, 0.2) is 35.1 Å². The molecule has 2 aromatic rings. The minimum atomic E-state index is -0.504. The summed E-state index contributed by atoms with van der Waals surface area (Å²) in [4.78, 5) is 16.1. The van der Waals surface area contributed by atoms with Crippen LogP contribution in [0.2, 0.25) is 0 Å². The first-order valence-electron chi connectivity index (χ1n) is 10.1. The number of amides is 1. The van der Waals surface area contributed by atoms with E-state index in [0.717, 1.165) is 39.1 Å². The van der Waals surface area contributed by atoms with Crippen LogP contribution in [-0.4, -0.2) is 29.3 Å². The summed E-state index contributed by atoms with van der Waals surface area (Å²) in [6.07, 6.45) is 4.01. The fraction of sp³-hybridized carbons (Fsp3) is 0.478. The molecule has 1 aliphatic heterocycles. The van der Waals surface area contributed by atoms with Crippen molar-refractivity contribution in [3.63, 3.8) is 0 Å². The van der Waals surface area contributed by atoms with E-state index >= 15 is 0 Å². The number of fused-ring (bicyclic) bond motifs is 3. The van der Waals surface area contributed by atoms with Gasteiger partial charge in [0.15, 0.2) is 0 Å². The van der Waals surface area contributed by atoms with E-state index in [9.17, 15) is 4.79 Å². The standard InChI is InChI=1S/C23H29BrN2O4/c1-14(8-15(2)26-22(27)30-23(3,4)5)12-28-21-10-20-18(9-19(21)24)17-6-7-25-11-16(17)13-29-20/h6-7,9-11,14-15H,8,12-13H2,1-5H3,(H,26,27). The molecule has 7 heteroatoms. The smallest absolute Gasteiger partial charge is 0.407 e. The molecule has 30 heavy (non-hydrogen) atoms. The lowest BCUT2D eigenvalue weighted by Gasteiger charge is -2.24. The van der Waals surface area contributed by atoms with Crippen LogP contribution in [0.3, 0.4) is 0 Å². The van der Waals surface area contributed by atoms with Crippen molar-refractivity contribution in [3.05, 3.63) is 40.6 Å². The second-order valence-electron chi connectivity index (χ2n) is 8.80. The van der Waals surface area contributed by atoms with E-state index in [1.54, 1.807) is 6.20 Å². The van der Waals surface area contributed by atoms with Gasteiger partial charge < -0.3 is 19.5 Å². The zero-order chi connectivity index (χ0) is 21.9. The van der Waals surface area contributed by atoms with E-state index in [2.05, 4.69) is 33.2 Å². The molecule has 0 saturated heterocycles. The number of benzene rings is 1. The van der Waals surface area contributed by atoms with Crippen LogP contribution in [0, 0.1) is 5.92 Å². The van der Waals surface area contributed by atoms with Gasteiger partial charge >= 0.3 is 6.09 Å². The Morgan fingerprint density at radius 1 is 1.30 bits per heavy atom. The molecular weight excluding hydrogens is 448 g/mol. The molecule has 162 valence electrons. The molecule has 2 heterocycles. The van der Waals surface area contributed by atoms with Crippen molar-refractivity contribution in [2.24, 2.45) is 5.92 Å². The van der Waals surface area contributed by atoms with Crippen molar-refractivity contribution in [1.29, 1.82) is 0 Å². The molecule has 3 rings (SSSR count).